The second-order valence-electron chi connectivity index (χ2n) is 3.95. The lowest BCUT2D eigenvalue weighted by atomic mass is 10.1. The number of carbonyl (C=O) groups is 1. The van der Waals surface area contributed by atoms with E-state index in [9.17, 15) is 14.7 Å². The fourth-order valence-electron chi connectivity index (χ4n) is 2.03. The van der Waals surface area contributed by atoms with Crippen molar-refractivity contribution in [3.05, 3.63) is 21.9 Å². The van der Waals surface area contributed by atoms with E-state index in [1.165, 1.54) is 4.57 Å². The van der Waals surface area contributed by atoms with Crippen molar-refractivity contribution in [1.82, 2.24) is 9.55 Å². The molecule has 0 saturated carbocycles. The first kappa shape index (κ1) is 10.7. The van der Waals surface area contributed by atoms with Crippen molar-refractivity contribution in [3.8, 4) is 5.75 Å². The SMILES string of the molecule is CC1CCCc2nc(C(=O)O)c(O)c(=O)n21. The normalized spacial score (nSPS) is 19.2. The van der Waals surface area contributed by atoms with Crippen molar-refractivity contribution < 1.29 is 15.0 Å². The highest BCUT2D eigenvalue weighted by atomic mass is 16.4. The van der Waals surface area contributed by atoms with Crippen LogP contribution >= 0.6 is 0 Å². The molecular weight excluding hydrogens is 212 g/mol. The maximum absolute atomic E-state index is 11.8. The standard InChI is InChI=1S/C10H12N2O4/c1-5-3-2-4-6-11-7(10(15)16)8(13)9(14)12(5)6/h5,13H,2-4H2,1H3,(H,15,16). The summed E-state index contributed by atoms with van der Waals surface area (Å²) in [5, 5.41) is 18.3. The van der Waals surface area contributed by atoms with Gasteiger partial charge in [-0.15, -0.1) is 0 Å². The third-order valence-corrected chi connectivity index (χ3v) is 2.83. The Labute approximate surface area is 91.2 Å². The van der Waals surface area contributed by atoms with E-state index >= 15 is 0 Å². The van der Waals surface area contributed by atoms with E-state index in [4.69, 9.17) is 5.11 Å². The van der Waals surface area contributed by atoms with Crippen LogP contribution in [0.2, 0.25) is 0 Å². The molecule has 6 heteroatoms. The Morgan fingerprint density at radius 2 is 2.25 bits per heavy atom. The van der Waals surface area contributed by atoms with Gasteiger partial charge in [0.05, 0.1) is 0 Å². The Morgan fingerprint density at radius 1 is 1.56 bits per heavy atom. The van der Waals surface area contributed by atoms with Gasteiger partial charge in [0.2, 0.25) is 5.75 Å². The van der Waals surface area contributed by atoms with Gasteiger partial charge in [-0.3, -0.25) is 9.36 Å². The van der Waals surface area contributed by atoms with E-state index in [2.05, 4.69) is 4.98 Å². The van der Waals surface area contributed by atoms with E-state index in [1.807, 2.05) is 6.92 Å². The average Bonchev–Trinajstić information content (AvgIpc) is 2.22. The maximum Gasteiger partial charge on any atom is 0.358 e. The van der Waals surface area contributed by atoms with Gasteiger partial charge < -0.3 is 10.2 Å². The van der Waals surface area contributed by atoms with Gasteiger partial charge in [0, 0.05) is 12.5 Å². The molecule has 1 unspecified atom stereocenters. The number of aryl methyl sites for hydroxylation is 1. The van der Waals surface area contributed by atoms with Gasteiger partial charge >= 0.3 is 5.97 Å². The van der Waals surface area contributed by atoms with Crippen LogP contribution in [0.4, 0.5) is 0 Å². The number of aromatic nitrogens is 2. The maximum atomic E-state index is 11.8. The third kappa shape index (κ3) is 1.46. The first-order valence-electron chi connectivity index (χ1n) is 5.10. The molecule has 16 heavy (non-hydrogen) atoms. The molecule has 1 aliphatic heterocycles. The molecule has 1 aliphatic rings. The molecule has 2 heterocycles. The average molecular weight is 224 g/mol. The first-order chi connectivity index (χ1) is 7.52. The predicted molar refractivity (Wildman–Crippen MR) is 54.8 cm³/mol. The molecule has 1 aromatic rings. The zero-order valence-electron chi connectivity index (χ0n) is 8.80. The predicted octanol–water partition coefficient (Wildman–Crippen LogP) is 0.544. The Balaban J connectivity index is 2.72. The number of fused-ring (bicyclic) bond motifs is 1. The van der Waals surface area contributed by atoms with Crippen molar-refractivity contribution >= 4 is 5.97 Å². The van der Waals surface area contributed by atoms with Crippen molar-refractivity contribution in [2.24, 2.45) is 0 Å². The lowest BCUT2D eigenvalue weighted by molar-refractivity contribution is 0.0685. The minimum absolute atomic E-state index is 0.0440. The molecular formula is C10H12N2O4. The van der Waals surface area contributed by atoms with E-state index < -0.39 is 23.0 Å². The van der Waals surface area contributed by atoms with Gasteiger partial charge in [0.25, 0.3) is 5.56 Å². The van der Waals surface area contributed by atoms with E-state index in [0.29, 0.717) is 12.2 Å². The van der Waals surface area contributed by atoms with Gasteiger partial charge in [0.15, 0.2) is 5.69 Å². The van der Waals surface area contributed by atoms with Crippen LogP contribution in [0.5, 0.6) is 5.75 Å². The van der Waals surface area contributed by atoms with Crippen molar-refractivity contribution in [1.29, 1.82) is 0 Å². The monoisotopic (exact) mass is 224 g/mol. The highest BCUT2D eigenvalue weighted by Gasteiger charge is 2.25. The number of aromatic hydroxyl groups is 1. The number of carboxylic acid groups (broad SMARTS) is 1. The number of nitrogens with zero attached hydrogens (tertiary/aromatic N) is 2. The molecule has 2 rings (SSSR count). The molecule has 0 aromatic carbocycles. The van der Waals surface area contributed by atoms with Gasteiger partial charge in [-0.25, -0.2) is 9.78 Å². The van der Waals surface area contributed by atoms with Crippen LogP contribution in [0.3, 0.4) is 0 Å². The highest BCUT2D eigenvalue weighted by molar-refractivity contribution is 5.88. The van der Waals surface area contributed by atoms with Gasteiger partial charge in [-0.05, 0) is 19.8 Å². The molecule has 1 atom stereocenters. The molecule has 0 fully saturated rings. The van der Waals surface area contributed by atoms with Crippen LogP contribution in [0.15, 0.2) is 4.79 Å². The number of carboxylic acids is 1. The van der Waals surface area contributed by atoms with Crippen molar-refractivity contribution in [2.75, 3.05) is 0 Å². The topological polar surface area (TPSA) is 92.4 Å². The lowest BCUT2D eigenvalue weighted by Gasteiger charge is -2.24. The quantitative estimate of drug-likeness (QED) is 0.726. The molecule has 1 aromatic heterocycles. The van der Waals surface area contributed by atoms with Crippen molar-refractivity contribution in [2.45, 2.75) is 32.2 Å². The summed E-state index contributed by atoms with van der Waals surface area (Å²) < 4.78 is 1.38. The Kier molecular flexibility index (Phi) is 2.41. The molecule has 0 radical (unpaired) electrons. The minimum Gasteiger partial charge on any atom is -0.501 e. The Hall–Kier alpha value is -1.85. The first-order valence-corrected chi connectivity index (χ1v) is 5.10. The summed E-state index contributed by atoms with van der Waals surface area (Å²) in [6, 6.07) is -0.0440. The van der Waals surface area contributed by atoms with E-state index in [0.717, 1.165) is 12.8 Å². The number of aromatic carboxylic acids is 1. The van der Waals surface area contributed by atoms with Crippen LogP contribution in [0, 0.1) is 0 Å². The van der Waals surface area contributed by atoms with Gasteiger partial charge in [-0.1, -0.05) is 0 Å². The summed E-state index contributed by atoms with van der Waals surface area (Å²) >= 11 is 0. The molecule has 0 bridgehead atoms. The second kappa shape index (κ2) is 3.62. The third-order valence-electron chi connectivity index (χ3n) is 2.83. The lowest BCUT2D eigenvalue weighted by Crippen LogP contribution is -2.32. The fraction of sp³-hybridized carbons (Fsp3) is 0.500. The van der Waals surface area contributed by atoms with Crippen LogP contribution in [0.25, 0.3) is 0 Å². The van der Waals surface area contributed by atoms with Crippen LogP contribution < -0.4 is 5.56 Å². The van der Waals surface area contributed by atoms with Crippen LogP contribution in [-0.2, 0) is 6.42 Å². The molecule has 0 amide bonds. The molecule has 6 nitrogen and oxygen atoms in total. The Morgan fingerprint density at radius 3 is 2.88 bits per heavy atom. The van der Waals surface area contributed by atoms with Crippen molar-refractivity contribution in [3.63, 3.8) is 0 Å². The minimum atomic E-state index is -1.38. The zero-order chi connectivity index (χ0) is 11.9. The highest BCUT2D eigenvalue weighted by Crippen LogP contribution is 2.23. The smallest absolute Gasteiger partial charge is 0.358 e. The van der Waals surface area contributed by atoms with E-state index in [-0.39, 0.29) is 6.04 Å². The van der Waals surface area contributed by atoms with Gasteiger partial charge in [0.1, 0.15) is 5.82 Å². The summed E-state index contributed by atoms with van der Waals surface area (Å²) in [6.45, 7) is 1.85. The summed E-state index contributed by atoms with van der Waals surface area (Å²) in [5.41, 5.74) is -1.21. The number of hydrogen-bond acceptors (Lipinski definition) is 4. The summed E-state index contributed by atoms with van der Waals surface area (Å²) in [7, 11) is 0. The zero-order valence-corrected chi connectivity index (χ0v) is 8.80. The van der Waals surface area contributed by atoms with E-state index in [1.54, 1.807) is 0 Å². The van der Waals surface area contributed by atoms with Crippen LogP contribution in [0.1, 0.15) is 42.1 Å². The largest absolute Gasteiger partial charge is 0.501 e. The molecule has 0 aliphatic carbocycles. The molecule has 0 saturated heterocycles. The van der Waals surface area contributed by atoms with Gasteiger partial charge in [-0.2, -0.15) is 0 Å². The number of rotatable bonds is 1. The number of hydrogen-bond donors (Lipinski definition) is 2. The van der Waals surface area contributed by atoms with Crippen LogP contribution in [-0.4, -0.2) is 25.7 Å². The molecule has 86 valence electrons. The summed E-state index contributed by atoms with van der Waals surface area (Å²) in [6.07, 6.45) is 2.28. The molecule has 2 N–H and O–H groups in total. The fourth-order valence-corrected chi connectivity index (χ4v) is 2.03. The Bertz CT molecular complexity index is 506. The summed E-state index contributed by atoms with van der Waals surface area (Å²) in [4.78, 5) is 26.4. The summed E-state index contributed by atoms with van der Waals surface area (Å²) in [5.74, 6) is -1.71. The molecule has 0 spiro atoms. The second-order valence-corrected chi connectivity index (χ2v) is 3.95.